The van der Waals surface area contributed by atoms with Gasteiger partial charge in [-0.1, -0.05) is 24.3 Å². The summed E-state index contributed by atoms with van der Waals surface area (Å²) in [6.45, 7) is 1.18. The van der Waals surface area contributed by atoms with Crippen molar-refractivity contribution in [3.8, 4) is 0 Å². The van der Waals surface area contributed by atoms with E-state index < -0.39 is 11.9 Å². The zero-order valence-electron chi connectivity index (χ0n) is 18.2. The first-order chi connectivity index (χ1) is 15.8. The average Bonchev–Trinajstić information content (AvgIpc) is 2.83. The number of carbonyl (C=O) groups is 1. The number of amides is 1. The van der Waals surface area contributed by atoms with E-state index in [1.165, 1.54) is 11.0 Å². The van der Waals surface area contributed by atoms with Crippen molar-refractivity contribution in [1.82, 2.24) is 15.3 Å². The van der Waals surface area contributed by atoms with Gasteiger partial charge >= 0.3 is 6.18 Å². The molecule has 1 aliphatic rings. The third kappa shape index (κ3) is 5.58. The minimum atomic E-state index is -4.60. The summed E-state index contributed by atoms with van der Waals surface area (Å²) < 4.78 is 41.0. The molecule has 1 N–H and O–H groups in total. The Labute approximate surface area is 194 Å². The van der Waals surface area contributed by atoms with Crippen molar-refractivity contribution in [2.45, 2.75) is 30.3 Å². The van der Waals surface area contributed by atoms with E-state index in [-0.39, 0.29) is 23.2 Å². The van der Waals surface area contributed by atoms with E-state index in [1.54, 1.807) is 34.9 Å². The zero-order chi connectivity index (χ0) is 23.4. The van der Waals surface area contributed by atoms with Crippen LogP contribution in [0, 0.1) is 5.92 Å². The molecule has 0 saturated carbocycles. The second-order valence-electron chi connectivity index (χ2n) is 8.03. The highest BCUT2D eigenvalue weighted by atomic mass is 32.2. The first-order valence-electron chi connectivity index (χ1n) is 10.8. The topological polar surface area (TPSA) is 58.1 Å². The number of nitrogens with one attached hydrogen (secondary N) is 1. The third-order valence-electron chi connectivity index (χ3n) is 5.86. The standard InChI is InChI=1S/C24H25F3N4OS/c1-33-18-8-6-16(7-9-18)10-13-28-23(32)17-11-14-31(15-12-17)22-21(24(25,26)27)29-19-4-2-3-5-20(19)30-22/h2-9,17H,10-15H2,1H3,(H,28,32). The van der Waals surface area contributed by atoms with Crippen LogP contribution in [0.15, 0.2) is 53.4 Å². The average molecular weight is 475 g/mol. The van der Waals surface area contributed by atoms with Gasteiger partial charge in [0.1, 0.15) is 0 Å². The lowest BCUT2D eigenvalue weighted by Gasteiger charge is -2.33. The number of benzene rings is 2. The Morgan fingerprint density at radius 2 is 1.70 bits per heavy atom. The molecule has 1 aromatic heterocycles. The summed E-state index contributed by atoms with van der Waals surface area (Å²) in [5.74, 6) is -0.423. The molecule has 4 rings (SSSR count). The van der Waals surface area contributed by atoms with Crippen LogP contribution in [0.1, 0.15) is 24.1 Å². The predicted molar refractivity (Wildman–Crippen MR) is 124 cm³/mol. The number of anilines is 1. The summed E-state index contributed by atoms with van der Waals surface area (Å²) in [6, 6.07) is 14.8. The van der Waals surface area contributed by atoms with E-state index in [4.69, 9.17) is 0 Å². The number of para-hydroxylation sites is 2. The number of hydrogen-bond acceptors (Lipinski definition) is 5. The number of piperidine rings is 1. The van der Waals surface area contributed by atoms with Crippen molar-refractivity contribution >= 4 is 34.5 Å². The zero-order valence-corrected chi connectivity index (χ0v) is 19.0. The van der Waals surface area contributed by atoms with E-state index >= 15 is 0 Å². The molecule has 33 heavy (non-hydrogen) atoms. The molecule has 1 amide bonds. The van der Waals surface area contributed by atoms with Gasteiger partial charge in [-0.05, 0) is 55.3 Å². The van der Waals surface area contributed by atoms with Gasteiger partial charge in [-0.2, -0.15) is 13.2 Å². The van der Waals surface area contributed by atoms with Crippen LogP contribution < -0.4 is 10.2 Å². The number of fused-ring (bicyclic) bond motifs is 1. The van der Waals surface area contributed by atoms with Gasteiger partial charge in [-0.15, -0.1) is 11.8 Å². The summed E-state index contributed by atoms with van der Waals surface area (Å²) >= 11 is 1.68. The molecule has 0 bridgehead atoms. The Morgan fingerprint density at radius 3 is 2.30 bits per heavy atom. The van der Waals surface area contributed by atoms with Crippen molar-refractivity contribution in [2.24, 2.45) is 5.92 Å². The molecule has 174 valence electrons. The Morgan fingerprint density at radius 1 is 1.06 bits per heavy atom. The minimum absolute atomic E-state index is 0.0453. The van der Waals surface area contributed by atoms with Crippen LogP contribution in [0.5, 0.6) is 0 Å². The van der Waals surface area contributed by atoms with E-state index in [0.717, 1.165) is 12.0 Å². The fraction of sp³-hybridized carbons (Fsp3) is 0.375. The van der Waals surface area contributed by atoms with Crippen molar-refractivity contribution < 1.29 is 18.0 Å². The van der Waals surface area contributed by atoms with Crippen LogP contribution >= 0.6 is 11.8 Å². The van der Waals surface area contributed by atoms with Gasteiger partial charge in [0.2, 0.25) is 5.91 Å². The molecule has 0 atom stereocenters. The highest BCUT2D eigenvalue weighted by molar-refractivity contribution is 7.98. The van der Waals surface area contributed by atoms with Crippen molar-refractivity contribution in [3.05, 3.63) is 59.8 Å². The number of carbonyl (C=O) groups excluding carboxylic acids is 1. The summed E-state index contributed by atoms with van der Waals surface area (Å²) in [4.78, 5) is 23.5. The molecular weight excluding hydrogens is 449 g/mol. The maximum atomic E-state index is 13.7. The van der Waals surface area contributed by atoms with Crippen LogP contribution in [0.2, 0.25) is 0 Å². The molecule has 0 aliphatic carbocycles. The van der Waals surface area contributed by atoms with Crippen LogP contribution in [0.25, 0.3) is 11.0 Å². The van der Waals surface area contributed by atoms with Gasteiger partial charge in [-0.3, -0.25) is 4.79 Å². The monoisotopic (exact) mass is 474 g/mol. The Bertz CT molecular complexity index is 1110. The van der Waals surface area contributed by atoms with Crippen molar-refractivity contribution in [3.63, 3.8) is 0 Å². The van der Waals surface area contributed by atoms with Gasteiger partial charge in [0.25, 0.3) is 0 Å². The maximum Gasteiger partial charge on any atom is 0.437 e. The highest BCUT2D eigenvalue weighted by Gasteiger charge is 2.39. The number of thioether (sulfide) groups is 1. The molecule has 1 aliphatic heterocycles. The van der Waals surface area contributed by atoms with E-state index in [9.17, 15) is 18.0 Å². The van der Waals surface area contributed by atoms with Crippen LogP contribution in [0.3, 0.4) is 0 Å². The number of hydrogen-bond donors (Lipinski definition) is 1. The SMILES string of the molecule is CSc1ccc(CCNC(=O)C2CCN(c3nc4ccccc4nc3C(F)(F)F)CC2)cc1. The van der Waals surface area contributed by atoms with Gasteiger partial charge < -0.3 is 10.2 Å². The number of nitrogens with zero attached hydrogens (tertiary/aromatic N) is 3. The summed E-state index contributed by atoms with van der Waals surface area (Å²) in [6.07, 6.45) is -0.896. The molecule has 1 fully saturated rings. The molecule has 2 heterocycles. The second kappa shape index (κ2) is 9.99. The molecule has 3 aromatic rings. The number of rotatable bonds is 6. The second-order valence-corrected chi connectivity index (χ2v) is 8.91. The van der Waals surface area contributed by atoms with Gasteiger partial charge in [0, 0.05) is 30.4 Å². The van der Waals surface area contributed by atoms with Gasteiger partial charge in [0.05, 0.1) is 11.0 Å². The van der Waals surface area contributed by atoms with E-state index in [0.29, 0.717) is 38.0 Å². The molecule has 0 unspecified atom stereocenters. The van der Waals surface area contributed by atoms with Gasteiger partial charge in [-0.25, -0.2) is 9.97 Å². The van der Waals surface area contributed by atoms with Crippen molar-refractivity contribution in [2.75, 3.05) is 30.8 Å². The third-order valence-corrected chi connectivity index (χ3v) is 6.60. The lowest BCUT2D eigenvalue weighted by atomic mass is 9.95. The minimum Gasteiger partial charge on any atom is -0.356 e. The smallest absolute Gasteiger partial charge is 0.356 e. The molecule has 0 radical (unpaired) electrons. The lowest BCUT2D eigenvalue weighted by molar-refractivity contribution is -0.140. The highest BCUT2D eigenvalue weighted by Crippen LogP contribution is 2.36. The normalized spacial score (nSPS) is 15.1. The molecular formula is C24H25F3N4OS. The first kappa shape index (κ1) is 23.4. The molecule has 0 spiro atoms. The molecule has 2 aromatic carbocycles. The Balaban J connectivity index is 1.36. The number of aromatic nitrogens is 2. The van der Waals surface area contributed by atoms with E-state index in [1.807, 2.05) is 6.26 Å². The first-order valence-corrected chi connectivity index (χ1v) is 12.1. The fourth-order valence-electron chi connectivity index (χ4n) is 4.02. The molecule has 1 saturated heterocycles. The Hall–Kier alpha value is -2.81. The molecule has 9 heteroatoms. The van der Waals surface area contributed by atoms with Crippen LogP contribution in [0.4, 0.5) is 19.0 Å². The van der Waals surface area contributed by atoms with Crippen LogP contribution in [-0.2, 0) is 17.4 Å². The maximum absolute atomic E-state index is 13.7. The fourth-order valence-corrected chi connectivity index (χ4v) is 4.43. The van der Waals surface area contributed by atoms with Crippen LogP contribution in [-0.4, -0.2) is 41.8 Å². The lowest BCUT2D eigenvalue weighted by Crippen LogP contribution is -2.42. The number of halogens is 3. The quantitative estimate of drug-likeness (QED) is 0.513. The predicted octanol–water partition coefficient (Wildman–Crippen LogP) is 4.95. The summed E-state index contributed by atoms with van der Waals surface area (Å²) in [5.41, 5.74) is 0.811. The largest absolute Gasteiger partial charge is 0.437 e. The van der Waals surface area contributed by atoms with Gasteiger partial charge in [0.15, 0.2) is 11.5 Å². The summed E-state index contributed by atoms with van der Waals surface area (Å²) in [7, 11) is 0. The molecule has 5 nitrogen and oxygen atoms in total. The number of alkyl halides is 3. The summed E-state index contributed by atoms with van der Waals surface area (Å²) in [5, 5.41) is 2.97. The Kier molecular flexibility index (Phi) is 7.07. The van der Waals surface area contributed by atoms with Crippen molar-refractivity contribution in [1.29, 1.82) is 0 Å². The van der Waals surface area contributed by atoms with E-state index in [2.05, 4.69) is 39.6 Å².